The molecule has 3 heterocycles. The molecule has 0 unspecified atom stereocenters. The van der Waals surface area contributed by atoms with Crippen molar-refractivity contribution >= 4 is 32.8 Å². The summed E-state index contributed by atoms with van der Waals surface area (Å²) >= 11 is 3.43. The Morgan fingerprint density at radius 3 is 2.94 bits per heavy atom. The van der Waals surface area contributed by atoms with Gasteiger partial charge in [-0.05, 0) is 15.9 Å². The molecule has 0 radical (unpaired) electrons. The molecular weight excluding hydrogens is 274 g/mol. The third kappa shape index (κ3) is 1.56. The Morgan fingerprint density at radius 2 is 2.12 bits per heavy atom. The van der Waals surface area contributed by atoms with Crippen molar-refractivity contribution in [2.45, 2.75) is 0 Å². The molecule has 16 heavy (non-hydrogen) atoms. The Balaban J connectivity index is 2.10. The van der Waals surface area contributed by atoms with Crippen LogP contribution in [0.25, 0.3) is 11.0 Å². The zero-order valence-electron chi connectivity index (χ0n) is 8.48. The zero-order chi connectivity index (χ0) is 11.0. The highest BCUT2D eigenvalue weighted by atomic mass is 79.9. The highest BCUT2D eigenvalue weighted by Gasteiger charge is 2.18. The van der Waals surface area contributed by atoms with Crippen LogP contribution in [0, 0.1) is 0 Å². The number of nitrogens with zero attached hydrogens (tertiary/aromatic N) is 4. The molecule has 1 aliphatic rings. The number of anilines is 1. The number of morpholine rings is 1. The van der Waals surface area contributed by atoms with Gasteiger partial charge in [0.2, 0.25) is 0 Å². The van der Waals surface area contributed by atoms with E-state index in [0.717, 1.165) is 42.1 Å². The quantitative estimate of drug-likeness (QED) is 0.844. The van der Waals surface area contributed by atoms with Crippen LogP contribution in [-0.4, -0.2) is 46.5 Å². The van der Waals surface area contributed by atoms with Crippen molar-refractivity contribution < 1.29 is 4.74 Å². The Hall–Kier alpha value is -1.21. The average molecular weight is 284 g/mol. The number of nitrogens with one attached hydrogen (secondary N) is 1. The summed E-state index contributed by atoms with van der Waals surface area (Å²) in [5.74, 6) is 0.911. The molecule has 6 nitrogen and oxygen atoms in total. The molecule has 0 amide bonds. The highest BCUT2D eigenvalue weighted by molar-refractivity contribution is 9.10. The van der Waals surface area contributed by atoms with Crippen LogP contribution in [0.2, 0.25) is 0 Å². The van der Waals surface area contributed by atoms with Crippen LogP contribution in [0.4, 0.5) is 5.82 Å². The Labute approximate surface area is 100 Å². The van der Waals surface area contributed by atoms with Crippen LogP contribution < -0.4 is 4.90 Å². The molecule has 0 saturated carbocycles. The number of ether oxygens (including phenoxy) is 1. The second kappa shape index (κ2) is 3.99. The van der Waals surface area contributed by atoms with Gasteiger partial charge >= 0.3 is 0 Å². The molecule has 0 aromatic carbocycles. The monoisotopic (exact) mass is 283 g/mol. The molecule has 0 aliphatic carbocycles. The van der Waals surface area contributed by atoms with Crippen molar-refractivity contribution in [2.75, 3.05) is 31.2 Å². The topological polar surface area (TPSA) is 66.9 Å². The van der Waals surface area contributed by atoms with Crippen molar-refractivity contribution in [1.29, 1.82) is 0 Å². The van der Waals surface area contributed by atoms with E-state index in [-0.39, 0.29) is 0 Å². The molecule has 0 spiro atoms. The molecule has 2 aromatic rings. The van der Waals surface area contributed by atoms with E-state index in [4.69, 9.17) is 4.74 Å². The van der Waals surface area contributed by atoms with Crippen LogP contribution in [0.3, 0.4) is 0 Å². The lowest BCUT2D eigenvalue weighted by molar-refractivity contribution is 0.122. The first kappa shape index (κ1) is 9.98. The largest absolute Gasteiger partial charge is 0.378 e. The highest BCUT2D eigenvalue weighted by Crippen LogP contribution is 2.28. The summed E-state index contributed by atoms with van der Waals surface area (Å²) in [6.07, 6.45) is 1.54. The molecular formula is C9H10BrN5O. The van der Waals surface area contributed by atoms with Gasteiger partial charge in [0.25, 0.3) is 0 Å². The van der Waals surface area contributed by atoms with Gasteiger partial charge in [0.1, 0.15) is 16.7 Å². The third-order valence-corrected chi connectivity index (χ3v) is 3.17. The maximum atomic E-state index is 5.32. The van der Waals surface area contributed by atoms with Gasteiger partial charge in [-0.15, -0.1) is 0 Å². The summed E-state index contributed by atoms with van der Waals surface area (Å²) in [5, 5.41) is 7.89. The number of hydrogen-bond donors (Lipinski definition) is 1. The van der Waals surface area contributed by atoms with Crippen LogP contribution >= 0.6 is 15.9 Å². The minimum Gasteiger partial charge on any atom is -0.378 e. The first-order chi connectivity index (χ1) is 7.86. The molecule has 2 aromatic heterocycles. The van der Waals surface area contributed by atoms with Gasteiger partial charge < -0.3 is 9.64 Å². The van der Waals surface area contributed by atoms with Crippen LogP contribution in [0.5, 0.6) is 0 Å². The SMILES string of the molecule is Brc1[nH]nc2ncnc(N3CCOCC3)c12. The van der Waals surface area contributed by atoms with E-state index in [9.17, 15) is 0 Å². The van der Waals surface area contributed by atoms with E-state index in [1.54, 1.807) is 6.33 Å². The smallest absolute Gasteiger partial charge is 0.187 e. The van der Waals surface area contributed by atoms with Gasteiger partial charge in [-0.3, -0.25) is 5.10 Å². The van der Waals surface area contributed by atoms with Gasteiger partial charge in [-0.2, -0.15) is 5.10 Å². The predicted molar refractivity (Wildman–Crippen MR) is 62.4 cm³/mol. The summed E-state index contributed by atoms with van der Waals surface area (Å²) in [6, 6.07) is 0. The van der Waals surface area contributed by atoms with E-state index in [1.807, 2.05) is 0 Å². The number of aromatic amines is 1. The molecule has 1 fully saturated rings. The number of aromatic nitrogens is 4. The van der Waals surface area contributed by atoms with E-state index in [0.29, 0.717) is 5.65 Å². The standard InChI is InChI=1S/C9H10BrN5O/c10-7-6-8(14-13-7)11-5-12-9(6)15-1-3-16-4-2-15/h5H,1-4H2,(H,11,12,13,14). The molecule has 1 aliphatic heterocycles. The van der Waals surface area contributed by atoms with Gasteiger partial charge in [0.15, 0.2) is 5.65 Å². The zero-order valence-corrected chi connectivity index (χ0v) is 10.1. The lowest BCUT2D eigenvalue weighted by atomic mass is 10.3. The number of fused-ring (bicyclic) bond motifs is 1. The molecule has 0 atom stereocenters. The average Bonchev–Trinajstić information content (AvgIpc) is 2.73. The summed E-state index contributed by atoms with van der Waals surface area (Å²) < 4.78 is 6.15. The lowest BCUT2D eigenvalue weighted by Gasteiger charge is -2.27. The first-order valence-electron chi connectivity index (χ1n) is 5.03. The van der Waals surface area contributed by atoms with E-state index >= 15 is 0 Å². The lowest BCUT2D eigenvalue weighted by Crippen LogP contribution is -2.36. The molecule has 0 bridgehead atoms. The number of H-pyrrole nitrogens is 1. The van der Waals surface area contributed by atoms with Gasteiger partial charge in [-0.1, -0.05) is 0 Å². The van der Waals surface area contributed by atoms with Crippen molar-refractivity contribution in [3.63, 3.8) is 0 Å². The minimum atomic E-state index is 0.684. The van der Waals surface area contributed by atoms with E-state index < -0.39 is 0 Å². The Bertz CT molecular complexity index is 508. The van der Waals surface area contributed by atoms with Crippen LogP contribution in [0.1, 0.15) is 0 Å². The maximum absolute atomic E-state index is 5.32. The van der Waals surface area contributed by atoms with Crippen LogP contribution in [0.15, 0.2) is 10.9 Å². The summed E-state index contributed by atoms with van der Waals surface area (Å²) in [6.45, 7) is 3.18. The Kier molecular flexibility index (Phi) is 2.49. The van der Waals surface area contributed by atoms with Crippen LogP contribution in [-0.2, 0) is 4.74 Å². The normalized spacial score (nSPS) is 16.9. The maximum Gasteiger partial charge on any atom is 0.187 e. The summed E-state index contributed by atoms with van der Waals surface area (Å²) in [4.78, 5) is 10.6. The van der Waals surface area contributed by atoms with Gasteiger partial charge in [0.05, 0.1) is 18.6 Å². The predicted octanol–water partition coefficient (Wildman–Crippen LogP) is 0.952. The molecule has 1 saturated heterocycles. The summed E-state index contributed by atoms with van der Waals surface area (Å²) in [7, 11) is 0. The number of hydrogen-bond acceptors (Lipinski definition) is 5. The summed E-state index contributed by atoms with van der Waals surface area (Å²) in [5.41, 5.74) is 0.684. The third-order valence-electron chi connectivity index (χ3n) is 2.60. The molecule has 84 valence electrons. The fourth-order valence-corrected chi connectivity index (χ4v) is 2.26. The second-order valence-corrected chi connectivity index (χ2v) is 4.33. The fourth-order valence-electron chi connectivity index (χ4n) is 1.82. The van der Waals surface area contributed by atoms with E-state index in [1.165, 1.54) is 0 Å². The second-order valence-electron chi connectivity index (χ2n) is 3.53. The molecule has 1 N–H and O–H groups in total. The number of rotatable bonds is 1. The minimum absolute atomic E-state index is 0.684. The van der Waals surface area contributed by atoms with E-state index in [2.05, 4.69) is 41.0 Å². The van der Waals surface area contributed by atoms with Crippen molar-refractivity contribution in [1.82, 2.24) is 20.2 Å². The fraction of sp³-hybridized carbons (Fsp3) is 0.444. The van der Waals surface area contributed by atoms with Gasteiger partial charge in [0, 0.05) is 13.1 Å². The molecule has 3 rings (SSSR count). The number of halogens is 1. The van der Waals surface area contributed by atoms with Crippen molar-refractivity contribution in [3.8, 4) is 0 Å². The Morgan fingerprint density at radius 1 is 1.31 bits per heavy atom. The molecule has 7 heteroatoms. The van der Waals surface area contributed by atoms with Crippen molar-refractivity contribution in [2.24, 2.45) is 0 Å². The van der Waals surface area contributed by atoms with Gasteiger partial charge in [-0.25, -0.2) is 9.97 Å². The first-order valence-corrected chi connectivity index (χ1v) is 5.83. The van der Waals surface area contributed by atoms with Crippen molar-refractivity contribution in [3.05, 3.63) is 10.9 Å².